The van der Waals surface area contributed by atoms with E-state index >= 15 is 0 Å². The van der Waals surface area contributed by atoms with Crippen molar-refractivity contribution in [3.8, 4) is 0 Å². The Labute approximate surface area is 94.7 Å². The van der Waals surface area contributed by atoms with Crippen LogP contribution in [0.3, 0.4) is 0 Å². The van der Waals surface area contributed by atoms with Crippen molar-refractivity contribution in [1.29, 1.82) is 0 Å². The molecule has 1 saturated carbocycles. The molecule has 17 heavy (non-hydrogen) atoms. The number of halogens is 2. The number of aliphatic hydroxyl groups is 1. The fourth-order valence-electron chi connectivity index (χ4n) is 2.23. The van der Waals surface area contributed by atoms with Crippen LogP contribution >= 0.6 is 0 Å². The van der Waals surface area contributed by atoms with Crippen molar-refractivity contribution in [1.82, 2.24) is 9.55 Å². The second-order valence-corrected chi connectivity index (χ2v) is 4.16. The standard InChI is InChI=1S/C10H12F2N2O3/c11-10(12)6(5-15)1-2-7(10)14-4-3-8(16)13-9(14)17/h3-4,6-7,15H,1-2,5H2,(H,13,16,17)/t6-,7-/m0/s1. The zero-order chi connectivity index (χ0) is 12.6. The Morgan fingerprint density at radius 2 is 2.18 bits per heavy atom. The number of hydrogen-bond donors (Lipinski definition) is 2. The van der Waals surface area contributed by atoms with Gasteiger partial charge in [-0.1, -0.05) is 0 Å². The first-order valence-corrected chi connectivity index (χ1v) is 5.27. The Bertz CT molecular complexity index is 523. The highest BCUT2D eigenvalue weighted by atomic mass is 19.3. The molecule has 5 nitrogen and oxygen atoms in total. The fourth-order valence-corrected chi connectivity index (χ4v) is 2.23. The number of aromatic amines is 1. The lowest BCUT2D eigenvalue weighted by molar-refractivity contribution is -0.0848. The molecule has 0 aliphatic heterocycles. The van der Waals surface area contributed by atoms with Gasteiger partial charge in [0.25, 0.3) is 11.5 Å². The molecule has 0 radical (unpaired) electrons. The average molecular weight is 246 g/mol. The van der Waals surface area contributed by atoms with Gasteiger partial charge < -0.3 is 5.11 Å². The van der Waals surface area contributed by atoms with Gasteiger partial charge in [-0.2, -0.15) is 0 Å². The molecule has 1 aromatic heterocycles. The first-order valence-electron chi connectivity index (χ1n) is 5.27. The smallest absolute Gasteiger partial charge is 0.328 e. The van der Waals surface area contributed by atoms with Crippen LogP contribution in [0, 0.1) is 5.92 Å². The summed E-state index contributed by atoms with van der Waals surface area (Å²) in [6.07, 6.45) is 1.32. The Kier molecular flexibility index (Phi) is 2.86. The Morgan fingerprint density at radius 3 is 2.71 bits per heavy atom. The minimum atomic E-state index is -3.14. The van der Waals surface area contributed by atoms with Crippen LogP contribution in [0.5, 0.6) is 0 Å². The largest absolute Gasteiger partial charge is 0.396 e. The van der Waals surface area contributed by atoms with Gasteiger partial charge in [0.05, 0.1) is 6.61 Å². The minimum absolute atomic E-state index is 0.101. The van der Waals surface area contributed by atoms with Gasteiger partial charge >= 0.3 is 5.69 Å². The number of rotatable bonds is 2. The van der Waals surface area contributed by atoms with E-state index in [0.29, 0.717) is 0 Å². The fraction of sp³-hybridized carbons (Fsp3) is 0.600. The van der Waals surface area contributed by atoms with Crippen LogP contribution in [-0.2, 0) is 0 Å². The van der Waals surface area contributed by atoms with Crippen LogP contribution in [0.15, 0.2) is 21.9 Å². The van der Waals surface area contributed by atoms with Gasteiger partial charge in [0.1, 0.15) is 6.04 Å². The van der Waals surface area contributed by atoms with Crippen LogP contribution in [0.4, 0.5) is 8.78 Å². The summed E-state index contributed by atoms with van der Waals surface area (Å²) in [6, 6.07) is -0.270. The lowest BCUT2D eigenvalue weighted by Crippen LogP contribution is -2.40. The topological polar surface area (TPSA) is 75.1 Å². The van der Waals surface area contributed by atoms with E-state index in [2.05, 4.69) is 0 Å². The van der Waals surface area contributed by atoms with E-state index in [0.717, 1.165) is 16.8 Å². The number of nitrogens with zero attached hydrogens (tertiary/aromatic N) is 1. The second-order valence-electron chi connectivity index (χ2n) is 4.16. The molecule has 2 atom stereocenters. The molecule has 1 aliphatic rings. The molecule has 7 heteroatoms. The van der Waals surface area contributed by atoms with Gasteiger partial charge in [0.2, 0.25) is 0 Å². The molecule has 1 heterocycles. The third-order valence-corrected chi connectivity index (χ3v) is 3.18. The number of aliphatic hydroxyl groups excluding tert-OH is 1. The summed E-state index contributed by atoms with van der Waals surface area (Å²) in [7, 11) is 0. The molecule has 2 rings (SSSR count). The summed E-state index contributed by atoms with van der Waals surface area (Å²) >= 11 is 0. The summed E-state index contributed by atoms with van der Waals surface area (Å²) in [4.78, 5) is 24.2. The molecule has 0 unspecified atom stereocenters. The molecule has 1 aromatic rings. The normalized spacial score (nSPS) is 27.2. The molecule has 0 aromatic carbocycles. The van der Waals surface area contributed by atoms with Crippen LogP contribution in [0.2, 0.25) is 0 Å². The molecule has 2 N–H and O–H groups in total. The zero-order valence-electron chi connectivity index (χ0n) is 8.90. The van der Waals surface area contributed by atoms with Crippen molar-refractivity contribution < 1.29 is 13.9 Å². The second kappa shape index (κ2) is 4.06. The molecule has 0 amide bonds. The molecule has 94 valence electrons. The molecule has 1 fully saturated rings. The molecule has 1 aliphatic carbocycles. The van der Waals surface area contributed by atoms with Crippen molar-refractivity contribution >= 4 is 0 Å². The van der Waals surface area contributed by atoms with Crippen LogP contribution in [-0.4, -0.2) is 27.2 Å². The highest BCUT2D eigenvalue weighted by molar-refractivity contribution is 4.98. The number of nitrogens with one attached hydrogen (secondary N) is 1. The van der Waals surface area contributed by atoms with E-state index in [1.807, 2.05) is 4.98 Å². The van der Waals surface area contributed by atoms with Crippen LogP contribution in [0.25, 0.3) is 0 Å². The van der Waals surface area contributed by atoms with E-state index < -0.39 is 35.7 Å². The van der Waals surface area contributed by atoms with Crippen molar-refractivity contribution in [2.75, 3.05) is 6.61 Å². The number of alkyl halides is 2. The summed E-state index contributed by atoms with van der Waals surface area (Å²) in [5.41, 5.74) is -1.47. The SMILES string of the molecule is O=c1ccn([C@H]2CC[C@@H](CO)C2(F)F)c(=O)[nH]1. The quantitative estimate of drug-likeness (QED) is 0.778. The molecular formula is C10H12F2N2O3. The predicted octanol–water partition coefficient (Wildman–Crippen LogP) is 0.115. The average Bonchev–Trinajstić information content (AvgIpc) is 2.54. The maximum Gasteiger partial charge on any atom is 0.328 e. The lowest BCUT2D eigenvalue weighted by atomic mass is 10.1. The third-order valence-electron chi connectivity index (χ3n) is 3.18. The number of aromatic nitrogens is 2. The zero-order valence-corrected chi connectivity index (χ0v) is 8.90. The van der Waals surface area contributed by atoms with Crippen LogP contribution < -0.4 is 11.2 Å². The first kappa shape index (κ1) is 12.0. The van der Waals surface area contributed by atoms with Crippen molar-refractivity contribution in [3.63, 3.8) is 0 Å². The maximum absolute atomic E-state index is 13.8. The summed E-state index contributed by atoms with van der Waals surface area (Å²) < 4.78 is 28.5. The van der Waals surface area contributed by atoms with Gasteiger partial charge in [-0.25, -0.2) is 13.6 Å². The third kappa shape index (κ3) is 1.90. The van der Waals surface area contributed by atoms with Crippen molar-refractivity contribution in [2.45, 2.75) is 24.8 Å². The Morgan fingerprint density at radius 1 is 1.47 bits per heavy atom. The van der Waals surface area contributed by atoms with E-state index in [9.17, 15) is 18.4 Å². The number of hydrogen-bond acceptors (Lipinski definition) is 3. The predicted molar refractivity (Wildman–Crippen MR) is 55.1 cm³/mol. The van der Waals surface area contributed by atoms with E-state index in [1.165, 1.54) is 0 Å². The van der Waals surface area contributed by atoms with Crippen LogP contribution in [0.1, 0.15) is 18.9 Å². The first-order chi connectivity index (χ1) is 7.96. The molecular weight excluding hydrogens is 234 g/mol. The van der Waals surface area contributed by atoms with E-state index in [1.54, 1.807) is 0 Å². The van der Waals surface area contributed by atoms with Gasteiger partial charge in [0.15, 0.2) is 0 Å². The Balaban J connectivity index is 2.42. The summed E-state index contributed by atoms with van der Waals surface area (Å²) in [6.45, 7) is -0.610. The van der Waals surface area contributed by atoms with E-state index in [4.69, 9.17) is 5.11 Å². The van der Waals surface area contributed by atoms with Crippen molar-refractivity contribution in [3.05, 3.63) is 33.1 Å². The Hall–Kier alpha value is -1.50. The van der Waals surface area contributed by atoms with Gasteiger partial charge in [-0.3, -0.25) is 14.3 Å². The highest BCUT2D eigenvalue weighted by Gasteiger charge is 2.52. The van der Waals surface area contributed by atoms with E-state index in [-0.39, 0.29) is 12.8 Å². The van der Waals surface area contributed by atoms with Crippen molar-refractivity contribution in [2.24, 2.45) is 5.92 Å². The molecule has 0 bridgehead atoms. The van der Waals surface area contributed by atoms with Gasteiger partial charge in [0, 0.05) is 18.2 Å². The highest BCUT2D eigenvalue weighted by Crippen LogP contribution is 2.46. The minimum Gasteiger partial charge on any atom is -0.396 e. The summed E-state index contributed by atoms with van der Waals surface area (Å²) in [5.74, 6) is -4.28. The molecule has 0 saturated heterocycles. The molecule has 0 spiro atoms. The summed E-state index contributed by atoms with van der Waals surface area (Å²) in [5, 5.41) is 8.85. The maximum atomic E-state index is 13.8. The monoisotopic (exact) mass is 246 g/mol. The lowest BCUT2D eigenvalue weighted by Gasteiger charge is -2.24. The van der Waals surface area contributed by atoms with Gasteiger partial charge in [-0.05, 0) is 12.8 Å². The van der Waals surface area contributed by atoms with Gasteiger partial charge in [-0.15, -0.1) is 0 Å². The number of H-pyrrole nitrogens is 1.